The second-order valence-corrected chi connectivity index (χ2v) is 5.19. The van der Waals surface area contributed by atoms with E-state index in [4.69, 9.17) is 0 Å². The molecule has 1 unspecified atom stereocenters. The quantitative estimate of drug-likeness (QED) is 0.908. The van der Waals surface area contributed by atoms with Crippen molar-refractivity contribution in [3.8, 4) is 0 Å². The number of aryl methyl sites for hydroxylation is 3. The van der Waals surface area contributed by atoms with Crippen LogP contribution in [0.3, 0.4) is 0 Å². The van der Waals surface area contributed by atoms with Crippen molar-refractivity contribution in [3.05, 3.63) is 23.8 Å². The standard InChI is InChI=1S/C13H18N6O/c1-9(10-7-14-18(2)8-10)12(20)16-13-15-11-5-3-4-6-19(11)17-13/h7-9H,3-6H2,1-2H3,(H,16,17,20). The van der Waals surface area contributed by atoms with Crippen molar-refractivity contribution in [2.24, 2.45) is 7.05 Å². The maximum Gasteiger partial charge on any atom is 0.248 e. The van der Waals surface area contributed by atoms with Crippen molar-refractivity contribution in [1.82, 2.24) is 24.5 Å². The Kier molecular flexibility index (Phi) is 3.25. The number of rotatable bonds is 3. The Morgan fingerprint density at radius 1 is 1.45 bits per heavy atom. The summed E-state index contributed by atoms with van der Waals surface area (Å²) < 4.78 is 3.57. The average Bonchev–Trinajstić information content (AvgIpc) is 3.03. The lowest BCUT2D eigenvalue weighted by molar-refractivity contribution is -0.117. The molecule has 3 rings (SSSR count). The number of anilines is 1. The number of hydrogen-bond acceptors (Lipinski definition) is 4. The third-order valence-corrected chi connectivity index (χ3v) is 3.62. The predicted molar refractivity (Wildman–Crippen MR) is 73.2 cm³/mol. The van der Waals surface area contributed by atoms with Crippen molar-refractivity contribution >= 4 is 11.9 Å². The molecule has 7 heteroatoms. The molecule has 0 saturated carbocycles. The van der Waals surface area contributed by atoms with Gasteiger partial charge in [-0.15, -0.1) is 5.10 Å². The van der Waals surface area contributed by atoms with Gasteiger partial charge in [0.25, 0.3) is 0 Å². The minimum atomic E-state index is -0.274. The molecule has 0 fully saturated rings. The van der Waals surface area contributed by atoms with Crippen LogP contribution in [0.1, 0.15) is 37.1 Å². The first-order valence-electron chi connectivity index (χ1n) is 6.86. The van der Waals surface area contributed by atoms with E-state index < -0.39 is 0 Å². The van der Waals surface area contributed by atoms with Gasteiger partial charge in [0, 0.05) is 31.8 Å². The van der Waals surface area contributed by atoms with Gasteiger partial charge < -0.3 is 0 Å². The van der Waals surface area contributed by atoms with E-state index in [-0.39, 0.29) is 11.8 Å². The smallest absolute Gasteiger partial charge is 0.248 e. The molecule has 7 nitrogen and oxygen atoms in total. The molecule has 1 atom stereocenters. The SMILES string of the molecule is CC(C(=O)Nc1nc2n(n1)CCCC2)c1cnn(C)c1. The number of aromatic nitrogens is 5. The molecule has 0 bridgehead atoms. The summed E-state index contributed by atoms with van der Waals surface area (Å²) in [4.78, 5) is 16.6. The zero-order valence-electron chi connectivity index (χ0n) is 11.7. The summed E-state index contributed by atoms with van der Waals surface area (Å²) in [7, 11) is 1.83. The fourth-order valence-electron chi connectivity index (χ4n) is 2.37. The van der Waals surface area contributed by atoms with Gasteiger partial charge >= 0.3 is 0 Å². The van der Waals surface area contributed by atoms with Gasteiger partial charge in [-0.2, -0.15) is 10.1 Å². The topological polar surface area (TPSA) is 77.6 Å². The molecule has 0 saturated heterocycles. The largest absolute Gasteiger partial charge is 0.293 e. The van der Waals surface area contributed by atoms with Crippen LogP contribution >= 0.6 is 0 Å². The number of nitrogens with one attached hydrogen (secondary N) is 1. The normalized spacial score (nSPS) is 15.7. The van der Waals surface area contributed by atoms with Gasteiger partial charge in [0.1, 0.15) is 5.82 Å². The summed E-state index contributed by atoms with van der Waals surface area (Å²) in [5.41, 5.74) is 0.883. The molecule has 3 heterocycles. The van der Waals surface area contributed by atoms with Gasteiger partial charge in [-0.1, -0.05) is 0 Å². The van der Waals surface area contributed by atoms with E-state index in [0.717, 1.165) is 37.2 Å². The Bertz CT molecular complexity index is 605. The first-order chi connectivity index (χ1) is 9.63. The first kappa shape index (κ1) is 12.8. The summed E-state index contributed by atoms with van der Waals surface area (Å²) in [6.45, 7) is 2.73. The Balaban J connectivity index is 1.70. The third-order valence-electron chi connectivity index (χ3n) is 3.62. The maximum absolute atomic E-state index is 12.2. The van der Waals surface area contributed by atoms with Crippen LogP contribution < -0.4 is 5.32 Å². The first-order valence-corrected chi connectivity index (χ1v) is 6.86. The lowest BCUT2D eigenvalue weighted by Gasteiger charge is -2.09. The van der Waals surface area contributed by atoms with Crippen LogP contribution in [0.4, 0.5) is 5.95 Å². The van der Waals surface area contributed by atoms with Crippen LogP contribution in [0.2, 0.25) is 0 Å². The van der Waals surface area contributed by atoms with Crippen molar-refractivity contribution < 1.29 is 4.79 Å². The molecule has 0 aromatic carbocycles. The molecule has 0 spiro atoms. The van der Waals surface area contributed by atoms with E-state index in [0.29, 0.717) is 5.95 Å². The summed E-state index contributed by atoms with van der Waals surface area (Å²) in [6.07, 6.45) is 6.74. The molecule has 1 amide bonds. The molecule has 2 aromatic heterocycles. The second-order valence-electron chi connectivity index (χ2n) is 5.19. The Morgan fingerprint density at radius 3 is 3.00 bits per heavy atom. The summed E-state index contributed by atoms with van der Waals surface area (Å²) in [6, 6.07) is 0. The monoisotopic (exact) mass is 274 g/mol. The third kappa shape index (κ3) is 2.43. The van der Waals surface area contributed by atoms with E-state index in [1.807, 2.05) is 24.9 Å². The lowest BCUT2D eigenvalue weighted by atomic mass is 10.1. The average molecular weight is 274 g/mol. The van der Waals surface area contributed by atoms with E-state index in [1.54, 1.807) is 10.9 Å². The van der Waals surface area contributed by atoms with Gasteiger partial charge in [-0.25, -0.2) is 4.68 Å². The molecule has 1 N–H and O–H groups in total. The van der Waals surface area contributed by atoms with Crippen molar-refractivity contribution in [1.29, 1.82) is 0 Å². The van der Waals surface area contributed by atoms with Crippen molar-refractivity contribution in [3.63, 3.8) is 0 Å². The highest BCUT2D eigenvalue weighted by molar-refractivity contribution is 5.94. The van der Waals surface area contributed by atoms with Gasteiger partial charge in [0.05, 0.1) is 12.1 Å². The number of hydrogen-bond donors (Lipinski definition) is 1. The van der Waals surface area contributed by atoms with Crippen molar-refractivity contribution in [2.75, 3.05) is 5.32 Å². The van der Waals surface area contributed by atoms with E-state index in [2.05, 4.69) is 20.5 Å². The summed E-state index contributed by atoms with van der Waals surface area (Å²) >= 11 is 0. The molecule has 2 aromatic rings. The van der Waals surface area contributed by atoms with Crippen LogP contribution in [0.25, 0.3) is 0 Å². The van der Waals surface area contributed by atoms with Crippen molar-refractivity contribution in [2.45, 2.75) is 38.6 Å². The van der Waals surface area contributed by atoms with E-state index in [9.17, 15) is 4.79 Å². The second kappa shape index (κ2) is 5.07. The highest BCUT2D eigenvalue weighted by atomic mass is 16.2. The Labute approximate surface area is 117 Å². The summed E-state index contributed by atoms with van der Waals surface area (Å²) in [5, 5.41) is 11.2. The number of nitrogens with zero attached hydrogens (tertiary/aromatic N) is 5. The van der Waals surface area contributed by atoms with E-state index in [1.165, 1.54) is 0 Å². The molecule has 1 aliphatic rings. The van der Waals surface area contributed by atoms with E-state index >= 15 is 0 Å². The predicted octanol–water partition coefficient (Wildman–Crippen LogP) is 1.09. The Hall–Kier alpha value is -2.18. The highest BCUT2D eigenvalue weighted by Gasteiger charge is 2.20. The summed E-state index contributed by atoms with van der Waals surface area (Å²) in [5.74, 6) is 0.980. The van der Waals surface area contributed by atoms with Gasteiger partial charge in [0.15, 0.2) is 0 Å². The minimum absolute atomic E-state index is 0.110. The molecule has 0 radical (unpaired) electrons. The van der Waals surface area contributed by atoms with Gasteiger partial charge in [-0.05, 0) is 19.8 Å². The number of carbonyl (C=O) groups is 1. The number of amides is 1. The zero-order valence-corrected chi connectivity index (χ0v) is 11.7. The van der Waals surface area contributed by atoms with Crippen LogP contribution in [0, 0.1) is 0 Å². The number of fused-ring (bicyclic) bond motifs is 1. The molecular weight excluding hydrogens is 256 g/mol. The Morgan fingerprint density at radius 2 is 2.30 bits per heavy atom. The molecule has 0 aliphatic carbocycles. The maximum atomic E-state index is 12.2. The zero-order chi connectivity index (χ0) is 14.1. The molecular formula is C13H18N6O. The van der Waals surface area contributed by atoms with Gasteiger partial charge in [0.2, 0.25) is 11.9 Å². The molecule has 1 aliphatic heterocycles. The fraction of sp³-hybridized carbons (Fsp3) is 0.538. The fourth-order valence-corrected chi connectivity index (χ4v) is 2.37. The van der Waals surface area contributed by atoms with Gasteiger partial charge in [-0.3, -0.25) is 14.8 Å². The van der Waals surface area contributed by atoms with Crippen LogP contribution in [-0.4, -0.2) is 30.5 Å². The minimum Gasteiger partial charge on any atom is -0.293 e. The van der Waals surface area contributed by atoms with Crippen LogP contribution in [0.15, 0.2) is 12.4 Å². The molecule has 20 heavy (non-hydrogen) atoms. The van der Waals surface area contributed by atoms with Crippen LogP contribution in [0.5, 0.6) is 0 Å². The number of carbonyl (C=O) groups excluding carboxylic acids is 1. The highest BCUT2D eigenvalue weighted by Crippen LogP contribution is 2.18. The molecule has 106 valence electrons. The lowest BCUT2D eigenvalue weighted by Crippen LogP contribution is -2.19. The van der Waals surface area contributed by atoms with Crippen LogP contribution in [-0.2, 0) is 24.8 Å².